The summed E-state index contributed by atoms with van der Waals surface area (Å²) in [6.45, 7) is 6.41. The predicted octanol–water partition coefficient (Wildman–Crippen LogP) is 2.58. The summed E-state index contributed by atoms with van der Waals surface area (Å²) in [6, 6.07) is 9.48. The van der Waals surface area contributed by atoms with Crippen molar-refractivity contribution in [3.05, 3.63) is 35.9 Å². The Bertz CT molecular complexity index is 462. The number of benzene rings is 1. The molecule has 1 rings (SSSR count). The van der Waals surface area contributed by atoms with E-state index in [0.717, 1.165) is 5.56 Å². The Kier molecular flexibility index (Phi) is 7.29. The number of carbonyl (C=O) groups excluding carboxylic acids is 1. The molecule has 2 atom stereocenters. The summed E-state index contributed by atoms with van der Waals surface area (Å²) in [5.74, 6) is -0.605. The van der Waals surface area contributed by atoms with Crippen molar-refractivity contribution in [2.45, 2.75) is 37.7 Å². The second-order valence-corrected chi connectivity index (χ2v) is 6.98. The minimum absolute atomic E-state index is 0.104. The Morgan fingerprint density at radius 1 is 1.19 bits per heavy atom. The first-order chi connectivity index (χ1) is 9.90. The van der Waals surface area contributed by atoms with Crippen LogP contribution in [0.25, 0.3) is 0 Å². The molecule has 1 aromatic rings. The van der Waals surface area contributed by atoms with E-state index in [-0.39, 0.29) is 11.2 Å². The molecule has 0 heterocycles. The van der Waals surface area contributed by atoms with E-state index in [1.807, 2.05) is 44.2 Å². The van der Waals surface area contributed by atoms with Gasteiger partial charge in [-0.3, -0.25) is 9.59 Å². The minimum atomic E-state index is -0.882. The van der Waals surface area contributed by atoms with Crippen LogP contribution in [0, 0.1) is 5.92 Å². The van der Waals surface area contributed by atoms with Crippen LogP contribution in [0.2, 0.25) is 0 Å². The highest BCUT2D eigenvalue weighted by Crippen LogP contribution is 2.22. The van der Waals surface area contributed by atoms with Gasteiger partial charge in [-0.2, -0.15) is 0 Å². The fourth-order valence-corrected chi connectivity index (χ4v) is 2.88. The van der Waals surface area contributed by atoms with Crippen molar-refractivity contribution in [3.8, 4) is 0 Å². The van der Waals surface area contributed by atoms with Crippen LogP contribution in [0.3, 0.4) is 0 Å². The van der Waals surface area contributed by atoms with Crippen molar-refractivity contribution in [3.63, 3.8) is 0 Å². The lowest BCUT2D eigenvalue weighted by atomic mass is 10.1. The topological polar surface area (TPSA) is 66.4 Å². The van der Waals surface area contributed by atoms with Gasteiger partial charge < -0.3 is 10.4 Å². The molecule has 0 radical (unpaired) electrons. The van der Waals surface area contributed by atoms with Crippen molar-refractivity contribution >= 4 is 23.6 Å². The zero-order valence-corrected chi connectivity index (χ0v) is 13.5. The molecule has 0 fully saturated rings. The van der Waals surface area contributed by atoms with E-state index in [1.165, 1.54) is 11.8 Å². The number of amides is 1. The highest BCUT2D eigenvalue weighted by molar-refractivity contribution is 8.01. The smallest absolute Gasteiger partial charge is 0.316 e. The zero-order chi connectivity index (χ0) is 15.8. The van der Waals surface area contributed by atoms with Crippen LogP contribution in [0.1, 0.15) is 26.3 Å². The number of hydrogen-bond acceptors (Lipinski definition) is 3. The molecule has 0 aliphatic rings. The standard InChI is InChI=1S/C16H23NO3S/c1-11(2)10-17-15(18)12(3)21-14(16(19)20)9-13-7-5-4-6-8-13/h4-8,11-12,14H,9-10H2,1-3H3,(H,17,18)(H,19,20). The third-order valence-electron chi connectivity index (χ3n) is 2.96. The van der Waals surface area contributed by atoms with Crippen molar-refractivity contribution < 1.29 is 14.7 Å². The van der Waals surface area contributed by atoms with Crippen LogP contribution in [-0.2, 0) is 16.0 Å². The van der Waals surface area contributed by atoms with Crippen LogP contribution in [0.4, 0.5) is 0 Å². The maximum absolute atomic E-state index is 11.9. The molecule has 21 heavy (non-hydrogen) atoms. The van der Waals surface area contributed by atoms with Crippen LogP contribution >= 0.6 is 11.8 Å². The fourth-order valence-electron chi connectivity index (χ4n) is 1.78. The maximum Gasteiger partial charge on any atom is 0.316 e. The van der Waals surface area contributed by atoms with E-state index in [0.29, 0.717) is 18.9 Å². The summed E-state index contributed by atoms with van der Waals surface area (Å²) in [6.07, 6.45) is 0.419. The molecule has 0 aliphatic carbocycles. The molecule has 0 spiro atoms. The minimum Gasteiger partial charge on any atom is -0.480 e. The number of rotatable bonds is 8. The summed E-state index contributed by atoms with van der Waals surface area (Å²) in [5, 5.41) is 11.2. The Hall–Kier alpha value is -1.49. The largest absolute Gasteiger partial charge is 0.480 e. The van der Waals surface area contributed by atoms with E-state index in [2.05, 4.69) is 5.32 Å². The number of hydrogen-bond donors (Lipinski definition) is 2. The molecule has 0 aliphatic heterocycles. The van der Waals surface area contributed by atoms with Crippen molar-refractivity contribution in [1.82, 2.24) is 5.32 Å². The van der Waals surface area contributed by atoms with Crippen LogP contribution in [0.5, 0.6) is 0 Å². The average Bonchev–Trinajstić information content (AvgIpc) is 2.44. The van der Waals surface area contributed by atoms with E-state index in [1.54, 1.807) is 6.92 Å². The molecule has 4 nitrogen and oxygen atoms in total. The summed E-state index contributed by atoms with van der Waals surface area (Å²) >= 11 is 1.20. The van der Waals surface area contributed by atoms with E-state index < -0.39 is 11.2 Å². The molecule has 116 valence electrons. The maximum atomic E-state index is 11.9. The number of nitrogens with one attached hydrogen (secondary N) is 1. The fraction of sp³-hybridized carbons (Fsp3) is 0.500. The third-order valence-corrected chi connectivity index (χ3v) is 4.28. The Morgan fingerprint density at radius 3 is 2.33 bits per heavy atom. The molecule has 0 aromatic heterocycles. The third kappa shape index (κ3) is 6.67. The normalized spacial score (nSPS) is 13.7. The summed E-state index contributed by atoms with van der Waals surface area (Å²) in [5.41, 5.74) is 0.965. The molecule has 0 saturated heterocycles. The quantitative estimate of drug-likeness (QED) is 0.774. The van der Waals surface area contributed by atoms with E-state index in [4.69, 9.17) is 0 Å². The zero-order valence-electron chi connectivity index (χ0n) is 12.7. The lowest BCUT2D eigenvalue weighted by Gasteiger charge is -2.18. The second kappa shape index (κ2) is 8.72. The van der Waals surface area contributed by atoms with Gasteiger partial charge in [0.1, 0.15) is 5.25 Å². The summed E-state index contributed by atoms with van der Waals surface area (Å²) in [4.78, 5) is 23.3. The van der Waals surface area contributed by atoms with Crippen molar-refractivity contribution in [2.24, 2.45) is 5.92 Å². The highest BCUT2D eigenvalue weighted by Gasteiger charge is 2.25. The van der Waals surface area contributed by atoms with E-state index in [9.17, 15) is 14.7 Å². The van der Waals surface area contributed by atoms with Crippen LogP contribution < -0.4 is 5.32 Å². The van der Waals surface area contributed by atoms with E-state index >= 15 is 0 Å². The lowest BCUT2D eigenvalue weighted by molar-refractivity contribution is -0.136. The first kappa shape index (κ1) is 17.6. The number of carbonyl (C=O) groups is 2. The van der Waals surface area contributed by atoms with Gasteiger partial charge in [0.05, 0.1) is 5.25 Å². The first-order valence-electron chi connectivity index (χ1n) is 7.10. The highest BCUT2D eigenvalue weighted by atomic mass is 32.2. The number of carboxylic acids is 1. The molecule has 0 saturated carbocycles. The second-order valence-electron chi connectivity index (χ2n) is 5.43. The Labute approximate surface area is 130 Å². The molecule has 2 N–H and O–H groups in total. The van der Waals surface area contributed by atoms with Gasteiger partial charge in [-0.25, -0.2) is 0 Å². The first-order valence-corrected chi connectivity index (χ1v) is 8.04. The predicted molar refractivity (Wildman–Crippen MR) is 86.5 cm³/mol. The molecule has 1 aromatic carbocycles. The molecular weight excluding hydrogens is 286 g/mol. The Morgan fingerprint density at radius 2 is 1.81 bits per heavy atom. The van der Waals surface area contributed by atoms with Crippen molar-refractivity contribution in [1.29, 1.82) is 0 Å². The van der Waals surface area contributed by atoms with Gasteiger partial charge in [0.15, 0.2) is 0 Å². The van der Waals surface area contributed by atoms with Gasteiger partial charge in [-0.1, -0.05) is 44.2 Å². The van der Waals surface area contributed by atoms with Gasteiger partial charge in [0.25, 0.3) is 0 Å². The van der Waals surface area contributed by atoms with Gasteiger partial charge in [-0.15, -0.1) is 11.8 Å². The summed E-state index contributed by atoms with van der Waals surface area (Å²) < 4.78 is 0. The lowest BCUT2D eigenvalue weighted by Crippen LogP contribution is -2.35. The van der Waals surface area contributed by atoms with Crippen LogP contribution in [-0.4, -0.2) is 34.0 Å². The van der Waals surface area contributed by atoms with Gasteiger partial charge in [0, 0.05) is 6.54 Å². The van der Waals surface area contributed by atoms with Gasteiger partial charge >= 0.3 is 5.97 Å². The Balaban J connectivity index is 2.58. The monoisotopic (exact) mass is 309 g/mol. The molecule has 2 unspecified atom stereocenters. The summed E-state index contributed by atoms with van der Waals surface area (Å²) in [7, 11) is 0. The average molecular weight is 309 g/mol. The number of aliphatic carboxylic acids is 1. The van der Waals surface area contributed by atoms with Gasteiger partial charge in [-0.05, 0) is 24.8 Å². The molecular formula is C16H23NO3S. The van der Waals surface area contributed by atoms with Crippen molar-refractivity contribution in [2.75, 3.05) is 6.54 Å². The van der Waals surface area contributed by atoms with Gasteiger partial charge in [0.2, 0.25) is 5.91 Å². The van der Waals surface area contributed by atoms with Crippen LogP contribution in [0.15, 0.2) is 30.3 Å². The SMILES string of the molecule is CC(C)CNC(=O)C(C)SC(Cc1ccccc1)C(=O)O. The molecule has 1 amide bonds. The molecule has 5 heteroatoms. The molecule has 0 bridgehead atoms. The number of thioether (sulfide) groups is 1. The number of carboxylic acid groups (broad SMARTS) is 1.